The summed E-state index contributed by atoms with van der Waals surface area (Å²) in [6.45, 7) is 5.97. The molecule has 1 aromatic heterocycles. The monoisotopic (exact) mass is 391 g/mol. The number of hydrogen-bond acceptors (Lipinski definition) is 4. The van der Waals surface area contributed by atoms with Crippen LogP contribution in [-0.2, 0) is 10.0 Å². The minimum absolute atomic E-state index is 0. The Labute approximate surface area is 155 Å². The van der Waals surface area contributed by atoms with Gasteiger partial charge in [0.2, 0.25) is 10.0 Å². The third-order valence-electron chi connectivity index (χ3n) is 4.15. The first-order valence-corrected chi connectivity index (χ1v) is 8.93. The quantitative estimate of drug-likeness (QED) is 0.854. The van der Waals surface area contributed by atoms with Crippen LogP contribution in [-0.4, -0.2) is 42.9 Å². The fourth-order valence-electron chi connectivity index (χ4n) is 2.93. The Morgan fingerprint density at radius 1 is 1.17 bits per heavy atom. The summed E-state index contributed by atoms with van der Waals surface area (Å²) in [6, 6.07) is 7.07. The number of hydrogen-bond donors (Lipinski definition) is 1. The number of aromatic nitrogens is 1. The molecule has 0 saturated carbocycles. The lowest BCUT2D eigenvalue weighted by atomic mass is 10.1. The fourth-order valence-corrected chi connectivity index (χ4v) is 4.78. The normalized spacial score (nSPS) is 18.2. The Hall–Kier alpha value is -0.920. The lowest BCUT2D eigenvalue weighted by molar-refractivity contribution is 0.242. The van der Waals surface area contributed by atoms with E-state index in [0.717, 1.165) is 23.7 Å². The highest BCUT2D eigenvalue weighted by molar-refractivity contribution is 7.89. The smallest absolute Gasteiger partial charge is 0.243 e. The maximum Gasteiger partial charge on any atom is 0.243 e. The number of rotatable bonds is 2. The Morgan fingerprint density at radius 2 is 1.92 bits per heavy atom. The van der Waals surface area contributed by atoms with Gasteiger partial charge in [-0.05, 0) is 50.4 Å². The van der Waals surface area contributed by atoms with Crippen LogP contribution in [0.25, 0.3) is 10.8 Å². The van der Waals surface area contributed by atoms with E-state index in [2.05, 4.69) is 10.3 Å². The highest BCUT2D eigenvalue weighted by Gasteiger charge is 2.37. The highest BCUT2D eigenvalue weighted by Crippen LogP contribution is 2.27. The first kappa shape index (κ1) is 21.1. The van der Waals surface area contributed by atoms with Crippen LogP contribution < -0.4 is 5.32 Å². The predicted octanol–water partition coefficient (Wildman–Crippen LogP) is 2.84. The molecule has 1 aliphatic heterocycles. The van der Waals surface area contributed by atoms with Crippen molar-refractivity contribution in [1.82, 2.24) is 14.6 Å². The summed E-state index contributed by atoms with van der Waals surface area (Å²) in [6.07, 6.45) is 4.24. The van der Waals surface area contributed by atoms with Crippen molar-refractivity contribution < 1.29 is 8.42 Å². The minimum Gasteiger partial charge on any atom is -0.315 e. The zero-order chi connectivity index (χ0) is 15.8. The number of fused-ring (bicyclic) bond motifs is 1. The molecule has 1 saturated heterocycles. The molecule has 0 unspecified atom stereocenters. The molecule has 2 heterocycles. The summed E-state index contributed by atoms with van der Waals surface area (Å²) in [7, 11) is -3.51. The van der Waals surface area contributed by atoms with E-state index in [1.807, 2.05) is 26.0 Å². The van der Waals surface area contributed by atoms with Crippen LogP contribution in [0.4, 0.5) is 0 Å². The summed E-state index contributed by atoms with van der Waals surface area (Å²) < 4.78 is 27.8. The molecule has 5 nitrogen and oxygen atoms in total. The lowest BCUT2D eigenvalue weighted by Crippen LogP contribution is -2.51. The highest BCUT2D eigenvalue weighted by atomic mass is 35.5. The molecule has 3 rings (SSSR count). The number of nitrogens with zero attached hydrogens (tertiary/aromatic N) is 2. The van der Waals surface area contributed by atoms with E-state index in [0.29, 0.717) is 18.0 Å². The molecule has 24 heavy (non-hydrogen) atoms. The lowest BCUT2D eigenvalue weighted by Gasteiger charge is -2.35. The van der Waals surface area contributed by atoms with Crippen LogP contribution in [0.3, 0.4) is 0 Å². The van der Waals surface area contributed by atoms with Crippen LogP contribution in [0.1, 0.15) is 20.3 Å². The fraction of sp³-hybridized carbons (Fsp3) is 0.438. The molecule has 1 aliphatic rings. The summed E-state index contributed by atoms with van der Waals surface area (Å²) in [5, 5.41) is 5.14. The van der Waals surface area contributed by atoms with Crippen molar-refractivity contribution in [3.8, 4) is 0 Å². The molecular formula is C16H23Cl2N3O2S. The van der Waals surface area contributed by atoms with Crippen molar-refractivity contribution >= 4 is 45.6 Å². The first-order chi connectivity index (χ1) is 10.4. The van der Waals surface area contributed by atoms with Crippen LogP contribution in [0.5, 0.6) is 0 Å². The van der Waals surface area contributed by atoms with Crippen LogP contribution in [0.15, 0.2) is 41.6 Å². The SMILES string of the molecule is CC1(C)CNCCCN1S(=O)(=O)c1ccc2cnccc2c1.Cl.Cl. The van der Waals surface area contributed by atoms with E-state index in [1.165, 1.54) is 0 Å². The maximum atomic E-state index is 13.1. The van der Waals surface area contributed by atoms with Gasteiger partial charge >= 0.3 is 0 Å². The Morgan fingerprint density at radius 3 is 2.67 bits per heavy atom. The summed E-state index contributed by atoms with van der Waals surface area (Å²) in [5.41, 5.74) is -0.442. The van der Waals surface area contributed by atoms with Crippen molar-refractivity contribution in [2.24, 2.45) is 0 Å². The molecule has 1 aromatic carbocycles. The second-order valence-corrected chi connectivity index (χ2v) is 8.17. The van der Waals surface area contributed by atoms with Crippen LogP contribution >= 0.6 is 24.8 Å². The van der Waals surface area contributed by atoms with Crippen molar-refractivity contribution in [3.63, 3.8) is 0 Å². The molecule has 0 bridgehead atoms. The van der Waals surface area contributed by atoms with Gasteiger partial charge < -0.3 is 5.32 Å². The molecular weight excluding hydrogens is 369 g/mol. The maximum absolute atomic E-state index is 13.1. The first-order valence-electron chi connectivity index (χ1n) is 7.49. The van der Waals surface area contributed by atoms with Crippen LogP contribution in [0.2, 0.25) is 0 Å². The second-order valence-electron chi connectivity index (χ2n) is 6.30. The third kappa shape index (κ3) is 4.00. The molecule has 134 valence electrons. The second kappa shape index (κ2) is 7.97. The van der Waals surface area contributed by atoms with E-state index < -0.39 is 15.6 Å². The Bertz CT molecular complexity index is 797. The van der Waals surface area contributed by atoms with Gasteiger partial charge in [0.05, 0.1) is 4.90 Å². The van der Waals surface area contributed by atoms with E-state index in [9.17, 15) is 8.42 Å². The van der Waals surface area contributed by atoms with Gasteiger partial charge in [0.1, 0.15) is 0 Å². The molecule has 1 fully saturated rings. The zero-order valence-corrected chi connectivity index (χ0v) is 16.2. The molecule has 8 heteroatoms. The molecule has 0 atom stereocenters. The number of nitrogens with one attached hydrogen (secondary N) is 1. The van der Waals surface area contributed by atoms with Crippen molar-refractivity contribution in [2.75, 3.05) is 19.6 Å². The average Bonchev–Trinajstić information content (AvgIpc) is 2.67. The van der Waals surface area contributed by atoms with E-state index in [-0.39, 0.29) is 24.8 Å². The number of benzene rings is 1. The number of halogens is 2. The molecule has 0 amide bonds. The van der Waals surface area contributed by atoms with Gasteiger partial charge in [0.25, 0.3) is 0 Å². The van der Waals surface area contributed by atoms with E-state index in [1.54, 1.807) is 28.8 Å². The van der Waals surface area contributed by atoms with E-state index >= 15 is 0 Å². The summed E-state index contributed by atoms with van der Waals surface area (Å²) in [5.74, 6) is 0. The summed E-state index contributed by atoms with van der Waals surface area (Å²) >= 11 is 0. The Balaban J connectivity index is 0.00000144. The predicted molar refractivity (Wildman–Crippen MR) is 102 cm³/mol. The average molecular weight is 392 g/mol. The van der Waals surface area contributed by atoms with Gasteiger partial charge in [-0.25, -0.2) is 8.42 Å². The Kier molecular flexibility index (Phi) is 7.02. The van der Waals surface area contributed by atoms with Gasteiger partial charge in [-0.2, -0.15) is 4.31 Å². The van der Waals surface area contributed by atoms with Gasteiger partial charge in [0, 0.05) is 36.4 Å². The molecule has 0 spiro atoms. The third-order valence-corrected chi connectivity index (χ3v) is 6.25. The van der Waals surface area contributed by atoms with E-state index in [4.69, 9.17) is 0 Å². The summed E-state index contributed by atoms with van der Waals surface area (Å²) in [4.78, 5) is 4.41. The van der Waals surface area contributed by atoms with Crippen molar-refractivity contribution in [1.29, 1.82) is 0 Å². The number of sulfonamides is 1. The minimum atomic E-state index is -3.51. The van der Waals surface area contributed by atoms with Gasteiger partial charge in [0.15, 0.2) is 0 Å². The molecule has 2 aromatic rings. The topological polar surface area (TPSA) is 62.3 Å². The molecule has 0 aliphatic carbocycles. The number of pyridine rings is 1. The molecule has 1 N–H and O–H groups in total. The molecule has 0 radical (unpaired) electrons. The van der Waals surface area contributed by atoms with Crippen molar-refractivity contribution in [3.05, 3.63) is 36.7 Å². The van der Waals surface area contributed by atoms with Gasteiger partial charge in [-0.1, -0.05) is 6.07 Å². The van der Waals surface area contributed by atoms with Gasteiger partial charge in [-0.3, -0.25) is 4.98 Å². The standard InChI is InChI=1S/C16H21N3O2S.2ClH/c1-16(2)12-18-7-3-9-19(16)22(20,21)15-5-4-14-11-17-8-6-13(14)10-15;;/h4-6,8,10-11,18H,3,7,9,12H2,1-2H3;2*1H. The zero-order valence-electron chi connectivity index (χ0n) is 13.7. The van der Waals surface area contributed by atoms with Crippen molar-refractivity contribution in [2.45, 2.75) is 30.7 Å². The van der Waals surface area contributed by atoms with Gasteiger partial charge in [-0.15, -0.1) is 24.8 Å². The van der Waals surface area contributed by atoms with Crippen LogP contribution in [0, 0.1) is 0 Å². The largest absolute Gasteiger partial charge is 0.315 e.